The molecule has 1 atom stereocenters. The molecule has 0 spiro atoms. The van der Waals surface area contributed by atoms with Crippen LogP contribution in [0.15, 0.2) is 97.1 Å². The predicted molar refractivity (Wildman–Crippen MR) is 218 cm³/mol. The van der Waals surface area contributed by atoms with Gasteiger partial charge < -0.3 is 34.1 Å². The van der Waals surface area contributed by atoms with Crippen molar-refractivity contribution in [3.8, 4) is 11.5 Å². The van der Waals surface area contributed by atoms with Crippen LogP contribution in [0.2, 0.25) is 0 Å². The van der Waals surface area contributed by atoms with Crippen molar-refractivity contribution in [1.82, 2.24) is 10.2 Å². The number of nitrogens with one attached hydrogen (secondary N) is 2. The van der Waals surface area contributed by atoms with E-state index in [-0.39, 0.29) is 29.7 Å². The molecule has 4 amide bonds. The van der Waals surface area contributed by atoms with E-state index in [0.717, 1.165) is 39.3 Å². The molecule has 1 fully saturated rings. The molecule has 58 heavy (non-hydrogen) atoms. The second kappa shape index (κ2) is 21.1. The first-order valence-electron chi connectivity index (χ1n) is 19.6. The molecule has 13 nitrogen and oxygen atoms in total. The number of benzene rings is 4. The molecule has 1 unspecified atom stereocenters. The first-order chi connectivity index (χ1) is 28.4. The molecule has 13 heteroatoms. The van der Waals surface area contributed by atoms with Gasteiger partial charge in [-0.1, -0.05) is 67.6 Å². The van der Waals surface area contributed by atoms with Crippen molar-refractivity contribution in [3.05, 3.63) is 125 Å². The van der Waals surface area contributed by atoms with Gasteiger partial charge in [0.15, 0.2) is 0 Å². The summed E-state index contributed by atoms with van der Waals surface area (Å²) in [4.78, 5) is 51.0. The second-order valence-electron chi connectivity index (χ2n) is 13.5. The highest BCUT2D eigenvalue weighted by Gasteiger charge is 2.45. The Bertz CT molecular complexity index is 2050. The van der Waals surface area contributed by atoms with E-state index in [1.807, 2.05) is 42.5 Å². The zero-order valence-electron chi connectivity index (χ0n) is 32.6. The van der Waals surface area contributed by atoms with E-state index in [1.165, 1.54) is 5.57 Å². The summed E-state index contributed by atoms with van der Waals surface area (Å²) in [5.74, 6) is -1.19. The molecule has 0 aromatic heterocycles. The van der Waals surface area contributed by atoms with E-state index in [2.05, 4.69) is 41.8 Å². The summed E-state index contributed by atoms with van der Waals surface area (Å²) in [7, 11) is 0. The smallest absolute Gasteiger partial charge is 0.264 e. The quantitative estimate of drug-likeness (QED) is 0.0507. The molecule has 3 N–H and O–H groups in total. The SMILES string of the molecule is CC/C(=C(\c1ccc(O)cc1)c1ccc(OCCOCCOCCOCCOCCNc2cccc3c2C(=O)N(C2CCC(=O)NC2=O)C3=O)cc1)c1ccccc1. The number of rotatable bonds is 22. The van der Waals surface area contributed by atoms with Crippen molar-refractivity contribution in [1.29, 1.82) is 0 Å². The van der Waals surface area contributed by atoms with E-state index in [9.17, 15) is 24.3 Å². The fourth-order valence-electron chi connectivity index (χ4n) is 6.93. The highest BCUT2D eigenvalue weighted by atomic mass is 16.6. The largest absolute Gasteiger partial charge is 0.508 e. The van der Waals surface area contributed by atoms with Gasteiger partial charge >= 0.3 is 0 Å². The van der Waals surface area contributed by atoms with Crippen LogP contribution in [0, 0.1) is 0 Å². The summed E-state index contributed by atoms with van der Waals surface area (Å²) in [6, 6.07) is 29.6. The minimum atomic E-state index is -1.01. The number of hydrogen-bond donors (Lipinski definition) is 3. The number of phenols is 1. The number of nitrogens with zero attached hydrogens (tertiary/aromatic N) is 1. The number of hydrogen-bond acceptors (Lipinski definition) is 11. The number of fused-ring (bicyclic) bond motifs is 1. The van der Waals surface area contributed by atoms with Crippen molar-refractivity contribution in [3.63, 3.8) is 0 Å². The Hall–Kier alpha value is -5.86. The summed E-state index contributed by atoms with van der Waals surface area (Å²) in [6.45, 7) is 6.12. The average molecular weight is 792 g/mol. The van der Waals surface area contributed by atoms with Crippen molar-refractivity contribution < 1.29 is 48.0 Å². The maximum absolute atomic E-state index is 13.2. The van der Waals surface area contributed by atoms with E-state index >= 15 is 0 Å². The second-order valence-corrected chi connectivity index (χ2v) is 13.5. The van der Waals surface area contributed by atoms with Crippen molar-refractivity contribution in [2.45, 2.75) is 32.2 Å². The van der Waals surface area contributed by atoms with Crippen LogP contribution in [-0.4, -0.2) is 106 Å². The highest BCUT2D eigenvalue weighted by Crippen LogP contribution is 2.36. The molecule has 304 valence electrons. The van der Waals surface area contributed by atoms with Gasteiger partial charge in [-0.25, -0.2) is 0 Å². The molecular formula is C45H49N3O10. The molecule has 0 bridgehead atoms. The predicted octanol–water partition coefficient (Wildman–Crippen LogP) is 5.72. The van der Waals surface area contributed by atoms with Gasteiger partial charge in [0.25, 0.3) is 11.8 Å². The highest BCUT2D eigenvalue weighted by molar-refractivity contribution is 6.25. The van der Waals surface area contributed by atoms with Gasteiger partial charge in [0.1, 0.15) is 24.1 Å². The third-order valence-electron chi connectivity index (χ3n) is 9.72. The Morgan fingerprint density at radius 2 is 1.29 bits per heavy atom. The Balaban J connectivity index is 0.808. The molecule has 2 heterocycles. The lowest BCUT2D eigenvalue weighted by Crippen LogP contribution is -2.54. The molecule has 0 aliphatic carbocycles. The summed E-state index contributed by atoms with van der Waals surface area (Å²) < 4.78 is 28.4. The van der Waals surface area contributed by atoms with Crippen molar-refractivity contribution in [2.24, 2.45) is 0 Å². The Labute approximate surface area is 337 Å². The first kappa shape index (κ1) is 41.8. The summed E-state index contributed by atoms with van der Waals surface area (Å²) >= 11 is 0. The van der Waals surface area contributed by atoms with Crippen molar-refractivity contribution in [2.75, 3.05) is 71.3 Å². The Morgan fingerprint density at radius 3 is 1.91 bits per heavy atom. The number of amides is 4. The van der Waals surface area contributed by atoms with Crippen LogP contribution in [0.5, 0.6) is 11.5 Å². The van der Waals surface area contributed by atoms with E-state index in [1.54, 1.807) is 30.3 Å². The molecule has 0 saturated carbocycles. The lowest BCUT2D eigenvalue weighted by molar-refractivity contribution is -0.136. The lowest BCUT2D eigenvalue weighted by atomic mass is 9.88. The monoisotopic (exact) mass is 791 g/mol. The molecule has 0 radical (unpaired) electrons. The zero-order valence-corrected chi connectivity index (χ0v) is 32.6. The van der Waals surface area contributed by atoms with Gasteiger partial charge in [-0.3, -0.25) is 29.4 Å². The molecule has 2 aliphatic heterocycles. The van der Waals surface area contributed by atoms with Crippen LogP contribution < -0.4 is 15.4 Å². The fraction of sp³-hybridized carbons (Fsp3) is 0.333. The summed E-state index contributed by atoms with van der Waals surface area (Å²) in [5, 5.41) is 15.2. The number of phenolic OH excluding ortho intramolecular Hbond substituents is 1. The lowest BCUT2D eigenvalue weighted by Gasteiger charge is -2.27. The third kappa shape index (κ3) is 10.7. The van der Waals surface area contributed by atoms with Crippen molar-refractivity contribution >= 4 is 40.5 Å². The number of imide groups is 2. The number of allylic oxidation sites excluding steroid dienone is 1. The number of carbonyl (C=O) groups excluding carboxylic acids is 4. The fourth-order valence-corrected chi connectivity index (χ4v) is 6.93. The maximum Gasteiger partial charge on any atom is 0.264 e. The van der Waals surface area contributed by atoms with Gasteiger partial charge in [0, 0.05) is 18.7 Å². The van der Waals surface area contributed by atoms with Crippen LogP contribution in [0.1, 0.15) is 63.6 Å². The third-order valence-corrected chi connectivity index (χ3v) is 9.72. The molecule has 4 aromatic carbocycles. The topological polar surface area (TPSA) is 162 Å². The van der Waals surface area contributed by atoms with Gasteiger partial charge in [0.05, 0.1) is 64.0 Å². The van der Waals surface area contributed by atoms with Gasteiger partial charge in [-0.15, -0.1) is 0 Å². The molecule has 1 saturated heterocycles. The van der Waals surface area contributed by atoms with Crippen LogP contribution in [0.3, 0.4) is 0 Å². The Morgan fingerprint density at radius 1 is 0.690 bits per heavy atom. The molecular weight excluding hydrogens is 743 g/mol. The van der Waals surface area contributed by atoms with Gasteiger partial charge in [-0.05, 0) is 77.1 Å². The van der Waals surface area contributed by atoms with Crippen LogP contribution >= 0.6 is 0 Å². The molecule has 6 rings (SSSR count). The average Bonchev–Trinajstić information content (AvgIpc) is 3.49. The number of carbonyl (C=O) groups is 4. The van der Waals surface area contributed by atoms with Gasteiger partial charge in [0.2, 0.25) is 11.8 Å². The number of piperidine rings is 1. The van der Waals surface area contributed by atoms with Gasteiger partial charge in [-0.2, -0.15) is 0 Å². The number of anilines is 1. The van der Waals surface area contributed by atoms with E-state index in [4.69, 9.17) is 23.7 Å². The van der Waals surface area contributed by atoms with Crippen LogP contribution in [-0.2, 0) is 28.5 Å². The van der Waals surface area contributed by atoms with Crippen LogP contribution in [0.25, 0.3) is 11.1 Å². The standard InChI is InChI=1S/C45H49N3O10/c1-2-36(31-7-4-3-5-8-31)41(32-11-15-34(49)16-12-32)33-13-17-35(18-14-33)58-30-29-57-28-27-56-26-25-55-24-23-54-22-21-46-38-10-6-9-37-42(38)45(53)48(44(37)52)39-19-20-40(50)47-43(39)51/h3-18,39,46,49H,2,19-30H2,1H3,(H,47,50,51)/b41-36-. The number of ether oxygens (including phenoxy) is 5. The first-order valence-corrected chi connectivity index (χ1v) is 19.6. The minimum Gasteiger partial charge on any atom is -0.508 e. The zero-order chi connectivity index (χ0) is 40.7. The molecule has 2 aliphatic rings. The summed E-state index contributed by atoms with van der Waals surface area (Å²) in [5.41, 5.74) is 6.49. The normalized spacial score (nSPS) is 15.6. The van der Waals surface area contributed by atoms with E-state index in [0.29, 0.717) is 71.7 Å². The number of aromatic hydroxyl groups is 1. The van der Waals surface area contributed by atoms with E-state index < -0.39 is 29.7 Å². The summed E-state index contributed by atoms with van der Waals surface area (Å²) in [6.07, 6.45) is 1.01. The minimum absolute atomic E-state index is 0.0637. The maximum atomic E-state index is 13.2. The Kier molecular flexibility index (Phi) is 15.2. The molecule has 4 aromatic rings. The van der Waals surface area contributed by atoms with Crippen LogP contribution in [0.4, 0.5) is 5.69 Å².